The fraction of sp³-hybridized carbons (Fsp3) is 0.318. The minimum absolute atomic E-state index is 0.0591. The number of rotatable bonds is 10. The Kier molecular flexibility index (Phi) is 8.25. The summed E-state index contributed by atoms with van der Waals surface area (Å²) in [6, 6.07) is 9.56. The Morgan fingerprint density at radius 3 is 2.03 bits per heavy atom. The second kappa shape index (κ2) is 10.9. The molecule has 3 N–H and O–H groups in total. The average Bonchev–Trinajstić information content (AvgIpc) is 2.76. The fourth-order valence-corrected chi connectivity index (χ4v) is 2.80. The lowest BCUT2D eigenvalue weighted by molar-refractivity contribution is -0.153. The Morgan fingerprint density at radius 2 is 1.55 bits per heavy atom. The summed E-state index contributed by atoms with van der Waals surface area (Å²) in [4.78, 5) is 35.5. The molecule has 0 radical (unpaired) electrons. The van der Waals surface area contributed by atoms with E-state index < -0.39 is 23.9 Å². The summed E-state index contributed by atoms with van der Waals surface area (Å²) in [6.07, 6.45) is -0.578. The number of ether oxygens (including phenoxy) is 4. The molecule has 0 saturated carbocycles. The van der Waals surface area contributed by atoms with Gasteiger partial charge in [0.2, 0.25) is 11.7 Å². The summed E-state index contributed by atoms with van der Waals surface area (Å²) in [6.45, 7) is 1.48. The van der Waals surface area contributed by atoms with Gasteiger partial charge in [-0.25, -0.2) is 0 Å². The van der Waals surface area contributed by atoms with Gasteiger partial charge < -0.3 is 30.0 Å². The molecule has 0 aromatic heterocycles. The largest absolute Gasteiger partial charge is 0.493 e. The maximum Gasteiger partial charge on any atom is 0.306 e. The molecule has 9 heteroatoms. The van der Waals surface area contributed by atoms with Crippen LogP contribution in [0.25, 0.3) is 0 Å². The third kappa shape index (κ3) is 6.36. The molecule has 9 nitrogen and oxygen atoms in total. The molecule has 2 aromatic rings. The molecule has 166 valence electrons. The highest BCUT2D eigenvalue weighted by Crippen LogP contribution is 2.38. The summed E-state index contributed by atoms with van der Waals surface area (Å²) in [5, 5.41) is 2.61. The van der Waals surface area contributed by atoms with E-state index in [0.717, 1.165) is 5.56 Å². The van der Waals surface area contributed by atoms with Crippen molar-refractivity contribution in [3.8, 4) is 17.2 Å². The van der Waals surface area contributed by atoms with E-state index >= 15 is 0 Å². The highest BCUT2D eigenvalue weighted by Gasteiger charge is 2.19. The topological polar surface area (TPSA) is 126 Å². The molecule has 0 aliphatic carbocycles. The molecule has 0 fully saturated rings. The van der Waals surface area contributed by atoms with E-state index in [2.05, 4.69) is 5.32 Å². The van der Waals surface area contributed by atoms with Crippen molar-refractivity contribution in [3.05, 3.63) is 47.5 Å². The number of primary amides is 1. The van der Waals surface area contributed by atoms with Crippen molar-refractivity contribution >= 4 is 23.5 Å². The summed E-state index contributed by atoms with van der Waals surface area (Å²) in [5.41, 5.74) is 6.75. The van der Waals surface area contributed by atoms with Crippen LogP contribution < -0.4 is 25.3 Å². The molecule has 0 saturated heterocycles. The third-order valence-electron chi connectivity index (χ3n) is 4.46. The number of amides is 2. The number of carbonyl (C=O) groups excluding carboxylic acids is 3. The van der Waals surface area contributed by atoms with E-state index in [1.54, 1.807) is 12.1 Å². The van der Waals surface area contributed by atoms with Crippen LogP contribution in [0.15, 0.2) is 36.4 Å². The second-order valence-corrected chi connectivity index (χ2v) is 6.60. The third-order valence-corrected chi connectivity index (χ3v) is 4.46. The van der Waals surface area contributed by atoms with E-state index in [1.165, 1.54) is 52.5 Å². The predicted molar refractivity (Wildman–Crippen MR) is 114 cm³/mol. The van der Waals surface area contributed by atoms with Crippen LogP contribution in [-0.2, 0) is 20.7 Å². The Balaban J connectivity index is 1.91. The summed E-state index contributed by atoms with van der Waals surface area (Å²) >= 11 is 0. The van der Waals surface area contributed by atoms with Crippen molar-refractivity contribution in [1.29, 1.82) is 0 Å². The highest BCUT2D eigenvalue weighted by atomic mass is 16.5. The van der Waals surface area contributed by atoms with Gasteiger partial charge in [-0.2, -0.15) is 0 Å². The van der Waals surface area contributed by atoms with Crippen molar-refractivity contribution in [2.24, 2.45) is 5.73 Å². The zero-order valence-corrected chi connectivity index (χ0v) is 17.9. The highest BCUT2D eigenvalue weighted by molar-refractivity contribution is 5.96. The molecule has 1 unspecified atom stereocenters. The zero-order chi connectivity index (χ0) is 23.0. The van der Waals surface area contributed by atoms with E-state index in [0.29, 0.717) is 34.9 Å². The van der Waals surface area contributed by atoms with Crippen LogP contribution in [0.3, 0.4) is 0 Å². The monoisotopic (exact) mass is 430 g/mol. The number of carbonyl (C=O) groups is 3. The molecule has 31 heavy (non-hydrogen) atoms. The number of methoxy groups -OCH3 is 3. The van der Waals surface area contributed by atoms with E-state index in [1.807, 2.05) is 0 Å². The molecule has 2 aromatic carbocycles. The Morgan fingerprint density at radius 1 is 0.968 bits per heavy atom. The van der Waals surface area contributed by atoms with Gasteiger partial charge in [-0.05, 0) is 55.3 Å². The first-order valence-corrected chi connectivity index (χ1v) is 9.48. The molecule has 2 rings (SSSR count). The Bertz CT molecular complexity index is 916. The number of hydrogen-bond acceptors (Lipinski definition) is 7. The van der Waals surface area contributed by atoms with E-state index in [-0.39, 0.29) is 6.42 Å². The number of aryl methyl sites for hydroxylation is 1. The number of esters is 1. The fourth-order valence-electron chi connectivity index (χ4n) is 2.80. The van der Waals surface area contributed by atoms with E-state index in [4.69, 9.17) is 24.7 Å². The lowest BCUT2D eigenvalue weighted by atomic mass is 10.1. The molecule has 0 aliphatic rings. The molecule has 2 amide bonds. The van der Waals surface area contributed by atoms with Crippen LogP contribution in [0.1, 0.15) is 29.3 Å². The summed E-state index contributed by atoms with van der Waals surface area (Å²) in [7, 11) is 4.53. The molecule has 0 heterocycles. The van der Waals surface area contributed by atoms with Gasteiger partial charge in [-0.3, -0.25) is 14.4 Å². The van der Waals surface area contributed by atoms with Gasteiger partial charge in [0.1, 0.15) is 0 Å². The average molecular weight is 430 g/mol. The second-order valence-electron chi connectivity index (χ2n) is 6.60. The first-order chi connectivity index (χ1) is 14.8. The van der Waals surface area contributed by atoms with Crippen molar-refractivity contribution in [1.82, 2.24) is 0 Å². The van der Waals surface area contributed by atoms with Gasteiger partial charge in [-0.1, -0.05) is 0 Å². The van der Waals surface area contributed by atoms with Gasteiger partial charge in [0, 0.05) is 17.7 Å². The van der Waals surface area contributed by atoms with Crippen LogP contribution >= 0.6 is 0 Å². The summed E-state index contributed by atoms with van der Waals surface area (Å²) in [5.74, 6) is -0.146. The van der Waals surface area contributed by atoms with E-state index in [9.17, 15) is 14.4 Å². The minimum Gasteiger partial charge on any atom is -0.493 e. The number of nitrogens with one attached hydrogen (secondary N) is 1. The SMILES string of the molecule is COc1cc(CCC(=O)OC(C)C(=O)Nc2ccc(C(N)=O)cc2)cc(OC)c1OC. The maximum absolute atomic E-state index is 12.3. The van der Waals surface area contributed by atoms with Crippen LogP contribution in [0.5, 0.6) is 17.2 Å². The maximum atomic E-state index is 12.3. The van der Waals surface area contributed by atoms with Crippen molar-refractivity contribution in [2.75, 3.05) is 26.6 Å². The lowest BCUT2D eigenvalue weighted by Gasteiger charge is -2.15. The van der Waals surface area contributed by atoms with Crippen LogP contribution in [0.2, 0.25) is 0 Å². The van der Waals surface area contributed by atoms with Gasteiger partial charge in [0.15, 0.2) is 17.6 Å². The van der Waals surface area contributed by atoms with Gasteiger partial charge >= 0.3 is 5.97 Å². The Hall–Kier alpha value is -3.75. The van der Waals surface area contributed by atoms with Gasteiger partial charge in [-0.15, -0.1) is 0 Å². The van der Waals surface area contributed by atoms with Crippen LogP contribution in [-0.4, -0.2) is 45.2 Å². The van der Waals surface area contributed by atoms with Crippen molar-refractivity contribution in [2.45, 2.75) is 25.9 Å². The standard InChI is InChI=1S/C22H26N2O7/c1-13(22(27)24-16-8-6-15(7-9-16)21(23)26)31-19(25)10-5-14-11-17(28-2)20(30-4)18(12-14)29-3/h6-9,11-13H,5,10H2,1-4H3,(H2,23,26)(H,24,27). The summed E-state index contributed by atoms with van der Waals surface area (Å²) < 4.78 is 21.1. The van der Waals surface area contributed by atoms with Gasteiger partial charge in [0.25, 0.3) is 5.91 Å². The quantitative estimate of drug-likeness (QED) is 0.554. The number of anilines is 1. The zero-order valence-electron chi connectivity index (χ0n) is 17.9. The van der Waals surface area contributed by atoms with Gasteiger partial charge in [0.05, 0.1) is 21.3 Å². The predicted octanol–water partition coefficient (Wildman–Crippen LogP) is 2.31. The van der Waals surface area contributed by atoms with Crippen molar-refractivity contribution < 1.29 is 33.3 Å². The molecule has 0 spiro atoms. The number of benzene rings is 2. The molecular formula is C22H26N2O7. The molecule has 0 aliphatic heterocycles. The van der Waals surface area contributed by atoms with Crippen LogP contribution in [0.4, 0.5) is 5.69 Å². The normalized spacial score (nSPS) is 11.2. The minimum atomic E-state index is -0.997. The smallest absolute Gasteiger partial charge is 0.306 e. The first kappa shape index (κ1) is 23.5. The molecule has 0 bridgehead atoms. The molecule has 1 atom stereocenters. The number of nitrogens with two attached hydrogens (primary N) is 1. The van der Waals surface area contributed by atoms with Crippen LogP contribution in [0, 0.1) is 0 Å². The Labute approximate surface area is 180 Å². The lowest BCUT2D eigenvalue weighted by Crippen LogP contribution is -2.30. The molecular weight excluding hydrogens is 404 g/mol. The first-order valence-electron chi connectivity index (χ1n) is 9.48. The van der Waals surface area contributed by atoms with Crippen molar-refractivity contribution in [3.63, 3.8) is 0 Å². The number of hydrogen-bond donors (Lipinski definition) is 2.